The van der Waals surface area contributed by atoms with Crippen molar-refractivity contribution in [2.24, 2.45) is 5.16 Å². The van der Waals surface area contributed by atoms with Crippen LogP contribution in [0.3, 0.4) is 0 Å². The normalized spacial score (nSPS) is 17.8. The molecule has 2 amide bonds. The summed E-state index contributed by atoms with van der Waals surface area (Å²) in [5.41, 5.74) is 5.97. The van der Waals surface area contributed by atoms with Crippen molar-refractivity contribution in [1.29, 1.82) is 0 Å². The number of carbonyl (C=O) groups is 3. The summed E-state index contributed by atoms with van der Waals surface area (Å²) in [6.45, 7) is -0.211. The average molecular weight is 652 g/mol. The van der Waals surface area contributed by atoms with Crippen molar-refractivity contribution in [3.63, 3.8) is 0 Å². The number of amides is 2. The molecule has 5 N–H and O–H groups in total. The smallest absolute Gasteiger partial charge is 0.543 e. The third-order valence-corrected chi connectivity index (χ3v) is 8.73. The molecular formula is C24H18N7NaO8S3. The van der Waals surface area contributed by atoms with Crippen LogP contribution in [0.5, 0.6) is 11.5 Å². The molecule has 2 aliphatic rings. The van der Waals surface area contributed by atoms with E-state index in [9.17, 15) is 29.7 Å². The molecule has 19 heteroatoms. The van der Waals surface area contributed by atoms with Crippen LogP contribution in [0.2, 0.25) is 0 Å². The van der Waals surface area contributed by atoms with Crippen molar-refractivity contribution in [2.45, 2.75) is 16.6 Å². The number of hydrogen-bond donors (Lipinski definition) is 4. The number of β-lactam (4-membered cyclic amide) rings is 1. The van der Waals surface area contributed by atoms with Crippen LogP contribution in [0.15, 0.2) is 49.6 Å². The Morgan fingerprint density at radius 1 is 1.35 bits per heavy atom. The van der Waals surface area contributed by atoms with E-state index in [-0.39, 0.29) is 92.5 Å². The van der Waals surface area contributed by atoms with Crippen LogP contribution >= 0.6 is 34.9 Å². The number of oxime groups is 1. The average Bonchev–Trinajstić information content (AvgIpc) is 3.62. The summed E-state index contributed by atoms with van der Waals surface area (Å²) in [7, 11) is 0. The zero-order chi connectivity index (χ0) is 30.0. The van der Waals surface area contributed by atoms with E-state index in [1.807, 2.05) is 0 Å². The summed E-state index contributed by atoms with van der Waals surface area (Å²) in [4.78, 5) is 48.2. The Kier molecular flexibility index (Phi) is 10.3. The van der Waals surface area contributed by atoms with Crippen LogP contribution in [0, 0.1) is 12.3 Å². The van der Waals surface area contributed by atoms with Crippen LogP contribution in [-0.2, 0) is 19.2 Å². The van der Waals surface area contributed by atoms with Crippen molar-refractivity contribution in [3.05, 3.63) is 40.5 Å². The summed E-state index contributed by atoms with van der Waals surface area (Å²) < 4.78 is 5.57. The zero-order valence-electron chi connectivity index (χ0n) is 22.0. The molecule has 2 aliphatic heterocycles. The van der Waals surface area contributed by atoms with Gasteiger partial charge in [0, 0.05) is 22.4 Å². The van der Waals surface area contributed by atoms with E-state index < -0.39 is 29.2 Å². The zero-order valence-corrected chi connectivity index (χ0v) is 26.5. The molecule has 0 unspecified atom stereocenters. The molecular weight excluding hydrogens is 633 g/mol. The number of benzene rings is 1. The molecule has 1 saturated heterocycles. The van der Waals surface area contributed by atoms with Crippen LogP contribution in [0.25, 0.3) is 11.5 Å². The second-order valence-corrected chi connectivity index (χ2v) is 11.4. The Bertz CT molecular complexity index is 1680. The summed E-state index contributed by atoms with van der Waals surface area (Å²) in [6, 6.07) is 2.94. The van der Waals surface area contributed by atoms with E-state index in [0.717, 1.165) is 28.0 Å². The van der Waals surface area contributed by atoms with Gasteiger partial charge >= 0.3 is 29.6 Å². The fraction of sp³-hybridized carbons (Fsp3) is 0.208. The molecule has 15 nitrogen and oxygen atoms in total. The van der Waals surface area contributed by atoms with E-state index in [1.165, 1.54) is 35.3 Å². The number of aromatic hydroxyl groups is 2. The molecule has 1 fully saturated rings. The van der Waals surface area contributed by atoms with Crippen LogP contribution in [0.4, 0.5) is 5.13 Å². The molecule has 2 atom stereocenters. The number of phenols is 2. The topological polar surface area (TPSA) is 229 Å². The van der Waals surface area contributed by atoms with Gasteiger partial charge in [0.15, 0.2) is 28.9 Å². The largest absolute Gasteiger partial charge is 1.00 e. The maximum absolute atomic E-state index is 13.1. The summed E-state index contributed by atoms with van der Waals surface area (Å²) in [6.07, 6.45) is 5.16. The van der Waals surface area contributed by atoms with Gasteiger partial charge in [-0.1, -0.05) is 22.8 Å². The Morgan fingerprint density at radius 3 is 2.81 bits per heavy atom. The Balaban J connectivity index is 0.00000423. The number of phenolic OH excluding ortho intramolecular Hbond substituents is 2. The van der Waals surface area contributed by atoms with Gasteiger partial charge in [-0.3, -0.25) is 14.5 Å². The Labute approximate surface area is 277 Å². The predicted molar refractivity (Wildman–Crippen MR) is 149 cm³/mol. The number of thiazole rings is 1. The maximum atomic E-state index is 13.1. The van der Waals surface area contributed by atoms with Crippen molar-refractivity contribution in [1.82, 2.24) is 25.4 Å². The standard InChI is InChI=1S/C24H19N7O8S3.Na/c1-2-5-38-30-15(12-9-41-23(25)26-12)18(34)27-16-20(35)31-17(22(36)37)11(7-40-21(16)31)8-42-24-29-28-19(39-24)10-3-4-13(32)14(33)6-10;/h1,3-4,6,9,16,21,32-33H,5,7-8H2,(H2,25,26)(H,27,34)(H,36,37);/q;+1/p-1/t16-,21-;/m1./s1. The molecule has 216 valence electrons. The van der Waals surface area contributed by atoms with Crippen molar-refractivity contribution < 1.29 is 68.5 Å². The third-order valence-electron chi connectivity index (χ3n) is 5.81. The second-order valence-electron chi connectivity index (χ2n) is 8.45. The fourth-order valence-electron chi connectivity index (χ4n) is 3.92. The number of thioether (sulfide) groups is 2. The van der Waals surface area contributed by atoms with Gasteiger partial charge in [0.1, 0.15) is 17.1 Å². The van der Waals surface area contributed by atoms with Gasteiger partial charge < -0.3 is 40.4 Å². The number of carbonyl (C=O) groups excluding carboxylic acids is 3. The quantitative estimate of drug-likeness (QED) is 0.0247. The number of terminal acetylenes is 1. The van der Waals surface area contributed by atoms with Gasteiger partial charge in [0.25, 0.3) is 17.0 Å². The van der Waals surface area contributed by atoms with E-state index in [2.05, 4.69) is 31.6 Å². The molecule has 3 aromatic rings. The summed E-state index contributed by atoms with van der Waals surface area (Å²) in [5.74, 6) is -1.09. The van der Waals surface area contributed by atoms with Gasteiger partial charge in [-0.05, 0) is 23.8 Å². The van der Waals surface area contributed by atoms with E-state index in [4.69, 9.17) is 21.4 Å². The molecule has 2 aromatic heterocycles. The molecule has 0 saturated carbocycles. The SMILES string of the molecule is C#CCON=C(C(=O)N[C@@H]1C(=O)N2C(C(=O)[O-])=C(CSc3nnc(-c4ccc(O)c(O)c4)o3)CS[C@H]12)c1csc(N)n1.[Na+]. The number of nitrogens with zero attached hydrogens (tertiary/aromatic N) is 5. The van der Waals surface area contributed by atoms with Crippen molar-refractivity contribution in [2.75, 3.05) is 23.8 Å². The number of fused-ring (bicyclic) bond motifs is 1. The number of carboxylic acids is 1. The number of aliphatic carboxylic acids is 1. The van der Waals surface area contributed by atoms with Gasteiger partial charge in [-0.15, -0.1) is 39.7 Å². The first-order valence-electron chi connectivity index (χ1n) is 11.7. The van der Waals surface area contributed by atoms with E-state index in [1.54, 1.807) is 0 Å². The number of hydrogen-bond acceptors (Lipinski definition) is 16. The first kappa shape index (κ1) is 32.2. The number of carboxylic acid groups (broad SMARTS) is 1. The van der Waals surface area contributed by atoms with E-state index in [0.29, 0.717) is 11.1 Å². The number of aromatic nitrogens is 3. The van der Waals surface area contributed by atoms with Crippen LogP contribution in [0.1, 0.15) is 5.69 Å². The molecule has 0 bridgehead atoms. The van der Waals surface area contributed by atoms with E-state index >= 15 is 0 Å². The van der Waals surface area contributed by atoms with Gasteiger partial charge in [0.2, 0.25) is 5.89 Å². The number of anilines is 1. The number of rotatable bonds is 10. The number of nitrogen functional groups attached to an aromatic ring is 1. The minimum Gasteiger partial charge on any atom is -0.543 e. The molecule has 5 rings (SSSR count). The fourth-order valence-corrected chi connectivity index (χ4v) is 6.71. The minimum atomic E-state index is -1.55. The molecule has 0 radical (unpaired) electrons. The second kappa shape index (κ2) is 13.7. The van der Waals surface area contributed by atoms with Crippen LogP contribution in [-0.4, -0.2) is 83.3 Å². The summed E-state index contributed by atoms with van der Waals surface area (Å²) >= 11 is 3.36. The predicted octanol–water partition coefficient (Wildman–Crippen LogP) is -3.26. The molecule has 0 spiro atoms. The Morgan fingerprint density at radius 2 is 2.14 bits per heavy atom. The van der Waals surface area contributed by atoms with Crippen LogP contribution < -0.4 is 45.7 Å². The molecule has 1 aromatic carbocycles. The first-order chi connectivity index (χ1) is 20.2. The van der Waals surface area contributed by atoms with Gasteiger partial charge in [0.05, 0.1) is 11.7 Å². The summed E-state index contributed by atoms with van der Waals surface area (Å²) in [5, 5.41) is 46.4. The van der Waals surface area contributed by atoms with Gasteiger partial charge in [-0.2, -0.15) is 0 Å². The first-order valence-corrected chi connectivity index (χ1v) is 14.6. The van der Waals surface area contributed by atoms with Gasteiger partial charge in [-0.25, -0.2) is 4.98 Å². The molecule has 43 heavy (non-hydrogen) atoms. The van der Waals surface area contributed by atoms with Crippen molar-refractivity contribution in [3.8, 4) is 35.3 Å². The number of nitrogens with one attached hydrogen (secondary N) is 1. The van der Waals surface area contributed by atoms with Crippen molar-refractivity contribution >= 4 is 63.5 Å². The maximum Gasteiger partial charge on any atom is 1.00 e. The monoisotopic (exact) mass is 651 g/mol. The molecule has 0 aliphatic carbocycles. The third kappa shape index (κ3) is 6.76. The minimum absolute atomic E-state index is 0. The molecule has 4 heterocycles. The Hall–Kier alpha value is -3.73. The number of nitrogens with two attached hydrogens (primary N) is 1.